The number of hydrogen-bond acceptors (Lipinski definition) is 5. The highest BCUT2D eigenvalue weighted by atomic mass is 35.5. The quantitative estimate of drug-likeness (QED) is 0.606. The number of sulfonamides is 1. The number of furan rings is 1. The van der Waals surface area contributed by atoms with Crippen LogP contribution in [0.3, 0.4) is 0 Å². The highest BCUT2D eigenvalue weighted by molar-refractivity contribution is 7.89. The first-order valence-corrected chi connectivity index (χ1v) is 8.77. The molecule has 0 aliphatic heterocycles. The van der Waals surface area contributed by atoms with Crippen molar-refractivity contribution in [1.29, 1.82) is 0 Å². The van der Waals surface area contributed by atoms with Crippen molar-refractivity contribution in [3.05, 3.63) is 52.4 Å². The third kappa shape index (κ3) is 4.57. The van der Waals surface area contributed by atoms with E-state index < -0.39 is 22.5 Å². The monoisotopic (exact) mass is 389 g/mol. The van der Waals surface area contributed by atoms with Gasteiger partial charge in [-0.05, 0) is 30.3 Å². The van der Waals surface area contributed by atoms with Crippen molar-refractivity contribution in [2.75, 3.05) is 13.6 Å². The Morgan fingerprint density at radius 1 is 1.38 bits per heavy atom. The highest BCUT2D eigenvalue weighted by Gasteiger charge is 2.25. The number of nitrogens with one attached hydrogen (secondary N) is 1. The van der Waals surface area contributed by atoms with Crippen molar-refractivity contribution in [2.45, 2.75) is 4.90 Å². The number of carbonyl (C=O) groups is 1. The number of halogens is 2. The summed E-state index contributed by atoms with van der Waals surface area (Å²) in [6.07, 6.45) is 2.75. The summed E-state index contributed by atoms with van der Waals surface area (Å²) in [4.78, 5) is 11.6. The lowest BCUT2D eigenvalue weighted by molar-refractivity contribution is -0.121. The van der Waals surface area contributed by atoms with E-state index in [1.807, 2.05) is 0 Å². The van der Waals surface area contributed by atoms with Gasteiger partial charge in [-0.3, -0.25) is 4.79 Å². The second-order valence-electron chi connectivity index (χ2n) is 4.64. The summed E-state index contributed by atoms with van der Waals surface area (Å²) in [6, 6.07) is 7.38. The van der Waals surface area contributed by atoms with Crippen LogP contribution < -0.4 is 5.43 Å². The minimum atomic E-state index is -3.97. The average molecular weight is 390 g/mol. The van der Waals surface area contributed by atoms with Gasteiger partial charge in [0.05, 0.1) is 24.0 Å². The largest absolute Gasteiger partial charge is 0.463 e. The molecule has 0 aliphatic carbocycles. The van der Waals surface area contributed by atoms with Crippen LogP contribution in [0.15, 0.2) is 51.0 Å². The summed E-state index contributed by atoms with van der Waals surface area (Å²) in [5, 5.41) is 3.90. The van der Waals surface area contributed by atoms with Crippen LogP contribution in [0.25, 0.3) is 0 Å². The summed E-state index contributed by atoms with van der Waals surface area (Å²) in [6.45, 7) is -0.444. The Bertz CT molecular complexity index is 851. The average Bonchev–Trinajstić information content (AvgIpc) is 3.02. The summed E-state index contributed by atoms with van der Waals surface area (Å²) in [5.41, 5.74) is 2.21. The van der Waals surface area contributed by atoms with Crippen molar-refractivity contribution in [2.24, 2.45) is 5.10 Å². The van der Waals surface area contributed by atoms with E-state index in [1.165, 1.54) is 37.7 Å². The lowest BCUT2D eigenvalue weighted by Gasteiger charge is -2.17. The Balaban J connectivity index is 2.03. The smallest absolute Gasteiger partial charge is 0.255 e. The first-order valence-electron chi connectivity index (χ1n) is 6.57. The molecule has 0 bridgehead atoms. The zero-order chi connectivity index (χ0) is 17.7. The molecule has 0 saturated carbocycles. The lowest BCUT2D eigenvalue weighted by Crippen LogP contribution is -2.36. The van der Waals surface area contributed by atoms with Crippen molar-refractivity contribution >= 4 is 45.3 Å². The van der Waals surface area contributed by atoms with E-state index in [-0.39, 0.29) is 14.9 Å². The van der Waals surface area contributed by atoms with E-state index in [0.29, 0.717) is 5.76 Å². The second kappa shape index (κ2) is 7.80. The van der Waals surface area contributed by atoms with Crippen molar-refractivity contribution in [3.8, 4) is 0 Å². The van der Waals surface area contributed by atoms with Gasteiger partial charge in [0, 0.05) is 12.1 Å². The molecule has 0 radical (unpaired) electrons. The van der Waals surface area contributed by atoms with Crippen LogP contribution in [0, 0.1) is 0 Å². The van der Waals surface area contributed by atoms with Gasteiger partial charge in [-0.1, -0.05) is 23.2 Å². The normalized spacial score (nSPS) is 12.0. The number of nitrogens with zero attached hydrogens (tertiary/aromatic N) is 2. The van der Waals surface area contributed by atoms with Crippen LogP contribution in [-0.4, -0.2) is 38.4 Å². The minimum Gasteiger partial charge on any atom is -0.463 e. The van der Waals surface area contributed by atoms with Gasteiger partial charge in [-0.15, -0.1) is 0 Å². The lowest BCUT2D eigenvalue weighted by atomic mass is 10.4. The number of hydrazone groups is 1. The van der Waals surface area contributed by atoms with E-state index in [2.05, 4.69) is 10.5 Å². The molecule has 0 atom stereocenters. The summed E-state index contributed by atoms with van der Waals surface area (Å²) < 4.78 is 30.7. The van der Waals surface area contributed by atoms with Gasteiger partial charge in [0.15, 0.2) is 0 Å². The Hall–Kier alpha value is -1.87. The molecule has 1 amide bonds. The highest BCUT2D eigenvalue weighted by Crippen LogP contribution is 2.26. The number of carbonyl (C=O) groups excluding carboxylic acids is 1. The van der Waals surface area contributed by atoms with Crippen LogP contribution >= 0.6 is 23.2 Å². The van der Waals surface area contributed by atoms with Crippen LogP contribution in [0.5, 0.6) is 0 Å². The molecular formula is C14H13Cl2N3O4S. The van der Waals surface area contributed by atoms with Gasteiger partial charge in [0.25, 0.3) is 5.91 Å². The van der Waals surface area contributed by atoms with Crippen LogP contribution in [0.2, 0.25) is 10.0 Å². The maximum absolute atomic E-state index is 12.5. The number of rotatable bonds is 6. The fraction of sp³-hybridized carbons (Fsp3) is 0.143. The predicted octanol–water partition coefficient (Wildman–Crippen LogP) is 2.36. The molecule has 0 spiro atoms. The minimum absolute atomic E-state index is 0.0162. The maximum Gasteiger partial charge on any atom is 0.255 e. The fourth-order valence-electron chi connectivity index (χ4n) is 1.70. The topological polar surface area (TPSA) is 92.0 Å². The summed E-state index contributed by atoms with van der Waals surface area (Å²) >= 11 is 11.7. The number of hydrogen-bond donors (Lipinski definition) is 1. The SMILES string of the molecule is CN(CC(=O)N/N=C\c1ccco1)S(=O)(=O)c1cc(Cl)ccc1Cl. The summed E-state index contributed by atoms with van der Waals surface area (Å²) in [5.74, 6) is -0.177. The molecule has 0 aliphatic rings. The van der Waals surface area contributed by atoms with Crippen molar-refractivity contribution in [3.63, 3.8) is 0 Å². The van der Waals surface area contributed by atoms with Crippen molar-refractivity contribution < 1.29 is 17.6 Å². The maximum atomic E-state index is 12.5. The van der Waals surface area contributed by atoms with Gasteiger partial charge in [-0.25, -0.2) is 13.8 Å². The standard InChI is InChI=1S/C14H13Cl2N3O4S/c1-19(9-14(20)18-17-8-11-3-2-6-23-11)24(21,22)13-7-10(15)4-5-12(13)16/h2-8H,9H2,1H3,(H,18,20)/b17-8-. The molecule has 1 aromatic carbocycles. The van der Waals surface area contributed by atoms with Gasteiger partial charge in [-0.2, -0.15) is 9.41 Å². The molecule has 2 aromatic rings. The molecule has 10 heteroatoms. The Kier molecular flexibility index (Phi) is 6.00. The first kappa shape index (κ1) is 18.5. The Morgan fingerprint density at radius 2 is 2.12 bits per heavy atom. The predicted molar refractivity (Wildman–Crippen MR) is 90.7 cm³/mol. The molecule has 7 nitrogen and oxygen atoms in total. The van der Waals surface area contributed by atoms with Crippen LogP contribution in [-0.2, 0) is 14.8 Å². The molecule has 24 heavy (non-hydrogen) atoms. The van der Waals surface area contributed by atoms with E-state index in [0.717, 1.165) is 4.31 Å². The van der Waals surface area contributed by atoms with E-state index in [9.17, 15) is 13.2 Å². The zero-order valence-electron chi connectivity index (χ0n) is 12.4. The molecule has 1 N–H and O–H groups in total. The summed E-state index contributed by atoms with van der Waals surface area (Å²) in [7, 11) is -2.72. The number of likely N-dealkylation sites (N-methyl/N-ethyl adjacent to an activating group) is 1. The molecule has 1 heterocycles. The molecule has 128 valence electrons. The molecule has 0 saturated heterocycles. The van der Waals surface area contributed by atoms with Gasteiger partial charge < -0.3 is 4.42 Å². The van der Waals surface area contributed by atoms with Gasteiger partial charge in [0.2, 0.25) is 10.0 Å². The first-order chi connectivity index (χ1) is 11.3. The van der Waals surface area contributed by atoms with Crippen LogP contribution in [0.1, 0.15) is 5.76 Å². The Morgan fingerprint density at radius 3 is 2.79 bits per heavy atom. The molecule has 1 aromatic heterocycles. The fourth-order valence-corrected chi connectivity index (χ4v) is 3.56. The number of benzene rings is 1. The zero-order valence-corrected chi connectivity index (χ0v) is 14.8. The molecule has 0 unspecified atom stereocenters. The number of amides is 1. The van der Waals surface area contributed by atoms with Gasteiger partial charge in [0.1, 0.15) is 10.7 Å². The Labute approximate surface area is 148 Å². The molecule has 0 fully saturated rings. The van der Waals surface area contributed by atoms with Crippen LogP contribution in [0.4, 0.5) is 0 Å². The van der Waals surface area contributed by atoms with E-state index >= 15 is 0 Å². The van der Waals surface area contributed by atoms with E-state index in [4.69, 9.17) is 27.6 Å². The third-order valence-corrected chi connectivity index (χ3v) is 5.39. The third-order valence-electron chi connectivity index (χ3n) is 2.87. The van der Waals surface area contributed by atoms with Gasteiger partial charge >= 0.3 is 0 Å². The molecule has 2 rings (SSSR count). The second-order valence-corrected chi connectivity index (χ2v) is 7.50. The van der Waals surface area contributed by atoms with E-state index in [1.54, 1.807) is 12.1 Å². The van der Waals surface area contributed by atoms with Crippen molar-refractivity contribution in [1.82, 2.24) is 9.73 Å². The molecular weight excluding hydrogens is 377 g/mol.